The van der Waals surface area contributed by atoms with Crippen LogP contribution in [0.1, 0.15) is 95.2 Å². The largest absolute Gasteiger partial charge is 0.478 e. The summed E-state index contributed by atoms with van der Waals surface area (Å²) in [7, 11) is 0. The predicted octanol–water partition coefficient (Wildman–Crippen LogP) is 7.76. The third-order valence-corrected chi connectivity index (χ3v) is 7.27. The van der Waals surface area contributed by atoms with Crippen molar-refractivity contribution >= 4 is 17.2 Å². The average Bonchev–Trinajstić information content (AvgIpc) is 3.53. The summed E-state index contributed by atoms with van der Waals surface area (Å²) < 4.78 is 6.54. The zero-order chi connectivity index (χ0) is 25.3. The Morgan fingerprint density at radius 2 is 1.63 bits per heavy atom. The first kappa shape index (κ1) is 27.0. The summed E-state index contributed by atoms with van der Waals surface area (Å²) >= 11 is 0. The monoisotopic (exact) mass is 477 g/mol. The van der Waals surface area contributed by atoms with Crippen LogP contribution in [0.5, 0.6) is 0 Å². The van der Waals surface area contributed by atoms with Gasteiger partial charge in [-0.15, -0.1) is 0 Å². The molecule has 0 saturated heterocycles. The second kappa shape index (κ2) is 12.9. The maximum Gasteiger partial charge on any atom is 0.335 e. The Hall–Kier alpha value is -2.59. The van der Waals surface area contributed by atoms with Crippen LogP contribution >= 0.6 is 0 Å². The van der Waals surface area contributed by atoms with Crippen LogP contribution < -0.4 is 5.73 Å². The Kier molecular flexibility index (Phi) is 9.97. The summed E-state index contributed by atoms with van der Waals surface area (Å²) in [6, 6.07) is 15.7. The van der Waals surface area contributed by atoms with E-state index in [1.54, 1.807) is 0 Å². The second-order valence-corrected chi connectivity index (χ2v) is 10.1. The SMILES string of the molecule is CCCCCCCCCCOC1(c2ccccc2)C(C(=O)O)=C1c1ccc(N)cc1CC(C)CC. The van der Waals surface area contributed by atoms with E-state index in [0.717, 1.165) is 47.9 Å². The van der Waals surface area contributed by atoms with Gasteiger partial charge in [-0.3, -0.25) is 0 Å². The van der Waals surface area contributed by atoms with Crippen molar-refractivity contribution in [2.75, 3.05) is 12.3 Å². The molecule has 0 amide bonds. The summed E-state index contributed by atoms with van der Waals surface area (Å²) in [6.07, 6.45) is 11.6. The standard InChI is InChI=1S/C31H43NO3/c1-4-6-7-8-9-10-11-15-20-35-31(25-16-13-12-14-17-25)28(29(31)30(33)34)27-19-18-26(32)22-24(27)21-23(3)5-2/h12-14,16-19,22-23H,4-11,15,20-21,32H2,1-3H3,(H,33,34). The molecular formula is C31H43NO3. The van der Waals surface area contributed by atoms with E-state index in [1.165, 1.54) is 38.5 Å². The van der Waals surface area contributed by atoms with Crippen LogP contribution in [-0.2, 0) is 21.6 Å². The van der Waals surface area contributed by atoms with Gasteiger partial charge in [-0.1, -0.05) is 109 Å². The zero-order valence-electron chi connectivity index (χ0n) is 21.8. The minimum Gasteiger partial charge on any atom is -0.478 e. The Labute approximate surface area is 211 Å². The number of nitrogens with two attached hydrogens (primary N) is 1. The molecule has 0 fully saturated rings. The molecule has 3 rings (SSSR count). The van der Waals surface area contributed by atoms with E-state index in [0.29, 0.717) is 23.8 Å². The van der Waals surface area contributed by atoms with Gasteiger partial charge in [0.25, 0.3) is 0 Å². The minimum atomic E-state index is -0.992. The first-order chi connectivity index (χ1) is 17.0. The summed E-state index contributed by atoms with van der Waals surface area (Å²) in [5.41, 5.74) is 9.94. The molecule has 0 spiro atoms. The summed E-state index contributed by atoms with van der Waals surface area (Å²) in [4.78, 5) is 12.5. The molecule has 0 aliphatic heterocycles. The van der Waals surface area contributed by atoms with Crippen LogP contribution in [0, 0.1) is 5.92 Å². The number of anilines is 1. The highest BCUT2D eigenvalue weighted by atomic mass is 16.5. The fourth-order valence-corrected chi connectivity index (χ4v) is 5.04. The maximum atomic E-state index is 12.5. The Balaban J connectivity index is 1.82. The highest BCUT2D eigenvalue weighted by Gasteiger charge is 2.60. The minimum absolute atomic E-state index is 0.360. The van der Waals surface area contributed by atoms with Gasteiger partial charge in [-0.2, -0.15) is 0 Å². The fraction of sp³-hybridized carbons (Fsp3) is 0.516. The molecule has 2 aromatic carbocycles. The van der Waals surface area contributed by atoms with Gasteiger partial charge < -0.3 is 15.6 Å². The Morgan fingerprint density at radius 1 is 0.971 bits per heavy atom. The maximum absolute atomic E-state index is 12.5. The van der Waals surface area contributed by atoms with Crippen LogP contribution in [0.15, 0.2) is 54.1 Å². The summed E-state index contributed by atoms with van der Waals surface area (Å²) in [6.45, 7) is 7.18. The molecule has 2 unspecified atom stereocenters. The molecule has 0 aromatic heterocycles. The number of nitrogen functional groups attached to an aromatic ring is 1. The number of carboxylic acid groups (broad SMARTS) is 1. The number of rotatable bonds is 16. The molecule has 0 heterocycles. The molecule has 2 aromatic rings. The van der Waals surface area contributed by atoms with E-state index in [9.17, 15) is 9.90 Å². The number of carbonyl (C=O) groups is 1. The van der Waals surface area contributed by atoms with Crippen molar-refractivity contribution in [2.45, 2.75) is 90.6 Å². The molecular weight excluding hydrogens is 434 g/mol. The highest BCUT2D eigenvalue weighted by Crippen LogP contribution is 2.61. The molecule has 1 aliphatic rings. The highest BCUT2D eigenvalue weighted by molar-refractivity contribution is 6.15. The number of carboxylic acids is 1. The van der Waals surface area contributed by atoms with E-state index < -0.39 is 11.6 Å². The van der Waals surface area contributed by atoms with Crippen molar-refractivity contribution in [3.05, 3.63) is 70.8 Å². The number of hydrogen-bond donors (Lipinski definition) is 2. The number of ether oxygens (including phenoxy) is 1. The van der Waals surface area contributed by atoms with Gasteiger partial charge >= 0.3 is 5.97 Å². The van der Waals surface area contributed by atoms with Gasteiger partial charge in [0.05, 0.1) is 5.57 Å². The third kappa shape index (κ3) is 6.55. The van der Waals surface area contributed by atoms with Crippen LogP contribution in [0.4, 0.5) is 5.69 Å². The first-order valence-electron chi connectivity index (χ1n) is 13.5. The second-order valence-electron chi connectivity index (χ2n) is 10.1. The zero-order valence-corrected chi connectivity index (χ0v) is 21.8. The Bertz CT molecular complexity index is 998. The van der Waals surface area contributed by atoms with E-state index in [4.69, 9.17) is 10.5 Å². The lowest BCUT2D eigenvalue weighted by molar-refractivity contribution is -0.133. The van der Waals surface area contributed by atoms with Gasteiger partial charge in [-0.05, 0) is 47.6 Å². The lowest BCUT2D eigenvalue weighted by atomic mass is 9.90. The smallest absolute Gasteiger partial charge is 0.335 e. The van der Waals surface area contributed by atoms with Gasteiger partial charge in [0.2, 0.25) is 0 Å². The summed E-state index contributed by atoms with van der Waals surface area (Å²) in [5.74, 6) is -0.432. The van der Waals surface area contributed by atoms with Gasteiger partial charge in [0.1, 0.15) is 0 Å². The fourth-order valence-electron chi connectivity index (χ4n) is 5.04. The summed E-state index contributed by atoms with van der Waals surface area (Å²) in [5, 5.41) is 10.2. The molecule has 190 valence electrons. The lowest BCUT2D eigenvalue weighted by Crippen LogP contribution is -2.22. The van der Waals surface area contributed by atoms with Crippen LogP contribution in [0.2, 0.25) is 0 Å². The lowest BCUT2D eigenvalue weighted by Gasteiger charge is -2.23. The number of hydrogen-bond acceptors (Lipinski definition) is 3. The average molecular weight is 478 g/mol. The van der Waals surface area contributed by atoms with Crippen molar-refractivity contribution in [1.82, 2.24) is 0 Å². The molecule has 4 nitrogen and oxygen atoms in total. The predicted molar refractivity (Wildman–Crippen MR) is 145 cm³/mol. The number of aliphatic carboxylic acids is 1. The van der Waals surface area contributed by atoms with Gasteiger partial charge in [0, 0.05) is 17.9 Å². The quantitative estimate of drug-likeness (QED) is 0.191. The molecule has 3 N–H and O–H groups in total. The first-order valence-corrected chi connectivity index (χ1v) is 13.5. The van der Waals surface area contributed by atoms with Crippen molar-refractivity contribution in [1.29, 1.82) is 0 Å². The normalized spacial score (nSPS) is 18.0. The van der Waals surface area contributed by atoms with Crippen LogP contribution in [-0.4, -0.2) is 17.7 Å². The van der Waals surface area contributed by atoms with E-state index in [1.807, 2.05) is 48.5 Å². The molecule has 4 heteroatoms. The van der Waals surface area contributed by atoms with Crippen LogP contribution in [0.25, 0.3) is 5.57 Å². The van der Waals surface area contributed by atoms with Crippen molar-refractivity contribution in [2.24, 2.45) is 5.92 Å². The van der Waals surface area contributed by atoms with Crippen molar-refractivity contribution in [3.63, 3.8) is 0 Å². The van der Waals surface area contributed by atoms with Gasteiger partial charge in [0.15, 0.2) is 5.60 Å². The Morgan fingerprint density at radius 3 is 2.26 bits per heavy atom. The molecule has 0 bridgehead atoms. The third-order valence-electron chi connectivity index (χ3n) is 7.27. The topological polar surface area (TPSA) is 72.5 Å². The van der Waals surface area contributed by atoms with Crippen molar-refractivity contribution in [3.8, 4) is 0 Å². The van der Waals surface area contributed by atoms with E-state index in [-0.39, 0.29) is 0 Å². The molecule has 2 atom stereocenters. The van der Waals surface area contributed by atoms with E-state index in [2.05, 4.69) is 20.8 Å². The molecule has 0 saturated carbocycles. The van der Waals surface area contributed by atoms with Crippen molar-refractivity contribution < 1.29 is 14.6 Å². The van der Waals surface area contributed by atoms with Crippen LogP contribution in [0.3, 0.4) is 0 Å². The number of unbranched alkanes of at least 4 members (excludes halogenated alkanes) is 7. The molecule has 1 aliphatic carbocycles. The van der Waals surface area contributed by atoms with E-state index >= 15 is 0 Å². The number of benzene rings is 2. The molecule has 0 radical (unpaired) electrons. The van der Waals surface area contributed by atoms with Gasteiger partial charge in [-0.25, -0.2) is 4.79 Å². The molecule has 35 heavy (non-hydrogen) atoms.